The van der Waals surface area contributed by atoms with Gasteiger partial charge in [0, 0.05) is 30.7 Å². The number of benzene rings is 1. The van der Waals surface area contributed by atoms with E-state index in [1.165, 1.54) is 0 Å². The van der Waals surface area contributed by atoms with Gasteiger partial charge in [-0.1, -0.05) is 25.1 Å². The Bertz CT molecular complexity index is 671. The third-order valence-corrected chi connectivity index (χ3v) is 5.25. The monoisotopic (exact) mass is 372 g/mol. The number of hydrogen-bond acceptors (Lipinski definition) is 4. The van der Waals surface area contributed by atoms with Gasteiger partial charge in [0.1, 0.15) is 0 Å². The Labute approximate surface area is 159 Å². The molecule has 3 rings (SSSR count). The first-order chi connectivity index (χ1) is 13.0. The molecule has 0 spiro atoms. The lowest BCUT2D eigenvalue weighted by molar-refractivity contribution is -0.127. The highest BCUT2D eigenvalue weighted by molar-refractivity contribution is 5.92. The number of nitrogens with one attached hydrogen (secondary N) is 3. The Balaban J connectivity index is 1.31. The molecular weight excluding hydrogens is 344 g/mol. The van der Waals surface area contributed by atoms with Crippen molar-refractivity contribution in [2.24, 2.45) is 11.8 Å². The summed E-state index contributed by atoms with van der Waals surface area (Å²) in [6, 6.07) is 9.51. The molecule has 3 N–H and O–H groups in total. The van der Waals surface area contributed by atoms with E-state index in [1.54, 1.807) is 0 Å². The van der Waals surface area contributed by atoms with E-state index in [9.17, 15) is 14.4 Å². The fourth-order valence-corrected chi connectivity index (χ4v) is 3.43. The van der Waals surface area contributed by atoms with Gasteiger partial charge in [-0.15, -0.1) is 0 Å². The van der Waals surface area contributed by atoms with E-state index in [1.807, 2.05) is 37.3 Å². The van der Waals surface area contributed by atoms with Crippen molar-refractivity contribution in [3.63, 3.8) is 0 Å². The summed E-state index contributed by atoms with van der Waals surface area (Å²) in [6.07, 6.45) is 2.53. The van der Waals surface area contributed by atoms with Crippen LogP contribution in [0.3, 0.4) is 0 Å². The summed E-state index contributed by atoms with van der Waals surface area (Å²) in [6.45, 7) is 3.96. The van der Waals surface area contributed by atoms with Crippen LogP contribution in [-0.4, -0.2) is 54.8 Å². The highest BCUT2D eigenvalue weighted by Crippen LogP contribution is 2.37. The fraction of sp³-hybridized carbons (Fsp3) is 0.550. The minimum Gasteiger partial charge on any atom is -0.352 e. The van der Waals surface area contributed by atoms with Crippen molar-refractivity contribution in [3.8, 4) is 0 Å². The molecule has 27 heavy (non-hydrogen) atoms. The first kappa shape index (κ1) is 19.4. The molecule has 0 bridgehead atoms. The van der Waals surface area contributed by atoms with Crippen molar-refractivity contribution < 1.29 is 14.4 Å². The topological polar surface area (TPSA) is 90.5 Å². The number of hydrogen-bond donors (Lipinski definition) is 3. The van der Waals surface area contributed by atoms with Crippen molar-refractivity contribution in [2.45, 2.75) is 32.2 Å². The zero-order valence-corrected chi connectivity index (χ0v) is 15.7. The van der Waals surface area contributed by atoms with Crippen molar-refractivity contribution in [1.82, 2.24) is 15.5 Å². The molecule has 1 aromatic rings. The van der Waals surface area contributed by atoms with Crippen LogP contribution in [0.1, 0.15) is 26.2 Å². The van der Waals surface area contributed by atoms with Gasteiger partial charge in [-0.05, 0) is 37.3 Å². The van der Waals surface area contributed by atoms with Gasteiger partial charge in [0.25, 0.3) is 0 Å². The molecule has 1 saturated heterocycles. The second-order valence-corrected chi connectivity index (χ2v) is 7.57. The van der Waals surface area contributed by atoms with Crippen LogP contribution in [0.4, 0.5) is 5.69 Å². The number of rotatable bonds is 7. The van der Waals surface area contributed by atoms with Gasteiger partial charge in [-0.25, -0.2) is 0 Å². The molecule has 1 heterocycles. The highest BCUT2D eigenvalue weighted by Gasteiger charge is 2.39. The normalized spacial score (nSPS) is 22.7. The van der Waals surface area contributed by atoms with E-state index < -0.39 is 0 Å². The molecule has 1 aliphatic carbocycles. The number of piperidine rings is 1. The van der Waals surface area contributed by atoms with Crippen LogP contribution in [0, 0.1) is 11.8 Å². The molecule has 3 amide bonds. The maximum absolute atomic E-state index is 12.1. The molecule has 0 unspecified atom stereocenters. The number of likely N-dealkylation sites (tertiary alicyclic amines) is 1. The smallest absolute Gasteiger partial charge is 0.239 e. The van der Waals surface area contributed by atoms with Crippen LogP contribution >= 0.6 is 0 Å². The number of para-hydroxylation sites is 1. The van der Waals surface area contributed by atoms with Gasteiger partial charge in [0.15, 0.2) is 0 Å². The van der Waals surface area contributed by atoms with E-state index in [0.717, 1.165) is 38.0 Å². The highest BCUT2D eigenvalue weighted by atomic mass is 16.2. The minimum atomic E-state index is -0.142. The fourth-order valence-electron chi connectivity index (χ4n) is 3.43. The quantitative estimate of drug-likeness (QED) is 0.665. The zero-order chi connectivity index (χ0) is 19.2. The second kappa shape index (κ2) is 8.99. The summed E-state index contributed by atoms with van der Waals surface area (Å²) in [5, 5.41) is 8.57. The molecular formula is C20H28N4O3. The van der Waals surface area contributed by atoms with Crippen LogP contribution < -0.4 is 16.0 Å². The molecule has 146 valence electrons. The predicted molar refractivity (Wildman–Crippen MR) is 103 cm³/mol. The standard InChI is InChI=1S/C20H28N4O3/c1-14-11-17(14)20(27)21-12-18(25)22-16-7-9-24(10-8-16)13-19(26)23-15-5-3-2-4-6-15/h2-6,14,16-17H,7-13H2,1H3,(H,21,27)(H,22,25)(H,23,26)/t14-,17+/m0/s1. The van der Waals surface area contributed by atoms with Crippen LogP contribution in [0.25, 0.3) is 0 Å². The zero-order valence-electron chi connectivity index (χ0n) is 15.7. The first-order valence-electron chi connectivity index (χ1n) is 9.65. The third kappa shape index (κ3) is 6.06. The SMILES string of the molecule is C[C@H]1C[C@H]1C(=O)NCC(=O)NC1CCN(CC(=O)Nc2ccccc2)CC1. The molecule has 7 nitrogen and oxygen atoms in total. The molecule has 2 aliphatic rings. The Morgan fingerprint density at radius 1 is 1.07 bits per heavy atom. The summed E-state index contributed by atoms with van der Waals surface area (Å²) >= 11 is 0. The maximum atomic E-state index is 12.1. The number of amides is 3. The van der Waals surface area contributed by atoms with E-state index in [0.29, 0.717) is 12.5 Å². The van der Waals surface area contributed by atoms with Gasteiger partial charge >= 0.3 is 0 Å². The predicted octanol–water partition coefficient (Wildman–Crippen LogP) is 0.978. The number of carbonyl (C=O) groups excluding carboxylic acids is 3. The van der Waals surface area contributed by atoms with Gasteiger partial charge in [0.2, 0.25) is 17.7 Å². The second-order valence-electron chi connectivity index (χ2n) is 7.57. The maximum Gasteiger partial charge on any atom is 0.239 e. The van der Waals surface area contributed by atoms with Gasteiger partial charge in [0.05, 0.1) is 13.1 Å². The summed E-state index contributed by atoms with van der Waals surface area (Å²) in [4.78, 5) is 38.0. The van der Waals surface area contributed by atoms with Gasteiger partial charge < -0.3 is 16.0 Å². The van der Waals surface area contributed by atoms with Crippen molar-refractivity contribution >= 4 is 23.4 Å². The summed E-state index contributed by atoms with van der Waals surface area (Å²) < 4.78 is 0. The largest absolute Gasteiger partial charge is 0.352 e. The van der Waals surface area contributed by atoms with Gasteiger partial charge in [-0.3, -0.25) is 19.3 Å². The van der Waals surface area contributed by atoms with Crippen molar-refractivity contribution in [3.05, 3.63) is 30.3 Å². The lowest BCUT2D eigenvalue weighted by Gasteiger charge is -2.31. The Morgan fingerprint density at radius 2 is 1.74 bits per heavy atom. The Hall–Kier alpha value is -2.41. The molecule has 0 radical (unpaired) electrons. The molecule has 1 aromatic carbocycles. The molecule has 1 saturated carbocycles. The summed E-state index contributed by atoms with van der Waals surface area (Å²) in [5.41, 5.74) is 0.798. The molecule has 2 fully saturated rings. The van der Waals surface area contributed by atoms with Crippen LogP contribution in [0.2, 0.25) is 0 Å². The van der Waals surface area contributed by atoms with Crippen LogP contribution in [0.5, 0.6) is 0 Å². The lowest BCUT2D eigenvalue weighted by atomic mass is 10.0. The van der Waals surface area contributed by atoms with Crippen molar-refractivity contribution in [2.75, 3.05) is 31.5 Å². The molecule has 0 aromatic heterocycles. The van der Waals surface area contributed by atoms with E-state index >= 15 is 0 Å². The van der Waals surface area contributed by atoms with E-state index in [4.69, 9.17) is 0 Å². The molecule has 2 atom stereocenters. The van der Waals surface area contributed by atoms with Crippen LogP contribution in [-0.2, 0) is 14.4 Å². The lowest BCUT2D eigenvalue weighted by Crippen LogP contribution is -2.48. The molecule has 1 aliphatic heterocycles. The van der Waals surface area contributed by atoms with Crippen molar-refractivity contribution in [1.29, 1.82) is 0 Å². The third-order valence-electron chi connectivity index (χ3n) is 5.25. The number of carbonyl (C=O) groups is 3. The average molecular weight is 372 g/mol. The minimum absolute atomic E-state index is 0.0168. The van der Waals surface area contributed by atoms with E-state index in [-0.39, 0.29) is 36.2 Å². The summed E-state index contributed by atoms with van der Waals surface area (Å²) in [5.74, 6) is 0.342. The summed E-state index contributed by atoms with van der Waals surface area (Å²) in [7, 11) is 0. The molecule has 7 heteroatoms. The Kier molecular flexibility index (Phi) is 6.45. The average Bonchev–Trinajstić information content (AvgIpc) is 3.39. The Morgan fingerprint density at radius 3 is 2.37 bits per heavy atom. The number of anilines is 1. The number of nitrogens with zero attached hydrogens (tertiary/aromatic N) is 1. The first-order valence-corrected chi connectivity index (χ1v) is 9.65. The van der Waals surface area contributed by atoms with E-state index in [2.05, 4.69) is 20.9 Å². The van der Waals surface area contributed by atoms with Gasteiger partial charge in [-0.2, -0.15) is 0 Å². The van der Waals surface area contributed by atoms with Crippen LogP contribution in [0.15, 0.2) is 30.3 Å².